The first-order chi connectivity index (χ1) is 15.9. The summed E-state index contributed by atoms with van der Waals surface area (Å²) >= 11 is 6.00. The summed E-state index contributed by atoms with van der Waals surface area (Å²) in [6.07, 6.45) is 0. The second-order valence-electron chi connectivity index (χ2n) is 6.83. The number of nitro benzene ring substituents is 1. The first kappa shape index (κ1) is 25.1. The van der Waals surface area contributed by atoms with E-state index >= 15 is 0 Å². The number of rotatable bonds is 9. The van der Waals surface area contributed by atoms with Gasteiger partial charge in [-0.05, 0) is 37.3 Å². The number of carbonyl (C=O) groups is 1. The summed E-state index contributed by atoms with van der Waals surface area (Å²) in [5, 5.41) is 11.3. The number of sulfonamides is 2. The van der Waals surface area contributed by atoms with E-state index < -0.39 is 35.6 Å². The fraction of sp³-hybridized carbons (Fsp3) is 0.0500. The molecule has 0 aromatic heterocycles. The van der Waals surface area contributed by atoms with Gasteiger partial charge in [-0.25, -0.2) is 16.8 Å². The molecule has 0 spiro atoms. The van der Waals surface area contributed by atoms with Crippen LogP contribution in [0.3, 0.4) is 0 Å². The molecule has 34 heavy (non-hydrogen) atoms. The van der Waals surface area contributed by atoms with Crippen molar-refractivity contribution in [2.24, 2.45) is 0 Å². The molecule has 3 N–H and O–H groups in total. The molecular formula is C20H17ClN4O7S2. The Labute approximate surface area is 200 Å². The summed E-state index contributed by atoms with van der Waals surface area (Å²) in [7, 11) is -8.64. The van der Waals surface area contributed by atoms with Crippen LogP contribution in [0.2, 0.25) is 5.02 Å². The topological polar surface area (TPSA) is 165 Å². The summed E-state index contributed by atoms with van der Waals surface area (Å²) in [6, 6.07) is 13.8. The third-order valence-corrected chi connectivity index (χ3v) is 7.47. The number of hydrogen-bond donors (Lipinski definition) is 3. The molecule has 0 fully saturated rings. The molecule has 0 aliphatic rings. The summed E-state index contributed by atoms with van der Waals surface area (Å²) in [4.78, 5) is 23.0. The molecule has 0 amide bonds. The largest absolute Gasteiger partial charge is 0.306 e. The predicted molar refractivity (Wildman–Crippen MR) is 126 cm³/mol. The van der Waals surface area contributed by atoms with Gasteiger partial charge in [0.05, 0.1) is 26.2 Å². The number of para-hydroxylation sites is 1. The third-order valence-electron chi connectivity index (χ3n) is 4.47. The molecule has 0 bridgehead atoms. The number of nitro groups is 1. The van der Waals surface area contributed by atoms with Gasteiger partial charge >= 0.3 is 0 Å². The van der Waals surface area contributed by atoms with Crippen LogP contribution in [0.15, 0.2) is 76.5 Å². The maximum atomic E-state index is 13.0. The number of hydrogen-bond acceptors (Lipinski definition) is 8. The van der Waals surface area contributed by atoms with Crippen LogP contribution in [0.5, 0.6) is 0 Å². The highest BCUT2D eigenvalue weighted by Crippen LogP contribution is 2.30. The van der Waals surface area contributed by atoms with E-state index in [0.29, 0.717) is 5.56 Å². The molecule has 0 radical (unpaired) electrons. The van der Waals surface area contributed by atoms with E-state index in [-0.39, 0.29) is 27.1 Å². The van der Waals surface area contributed by atoms with Crippen molar-refractivity contribution in [3.63, 3.8) is 0 Å². The first-order valence-electron chi connectivity index (χ1n) is 9.35. The van der Waals surface area contributed by atoms with Gasteiger partial charge in [-0.3, -0.25) is 19.6 Å². The van der Waals surface area contributed by atoms with Gasteiger partial charge in [-0.2, -0.15) is 0 Å². The van der Waals surface area contributed by atoms with Gasteiger partial charge in [0.1, 0.15) is 4.90 Å². The molecule has 0 aliphatic carbocycles. The van der Waals surface area contributed by atoms with Gasteiger partial charge in [0.15, 0.2) is 5.78 Å². The Balaban J connectivity index is 1.94. The quantitative estimate of drug-likeness (QED) is 0.217. The van der Waals surface area contributed by atoms with E-state index in [1.807, 2.05) is 4.83 Å². The summed E-state index contributed by atoms with van der Waals surface area (Å²) in [5.41, 5.74) is 1.79. The Morgan fingerprint density at radius 1 is 0.912 bits per heavy atom. The first-order valence-corrected chi connectivity index (χ1v) is 12.7. The number of hydrazine groups is 1. The normalized spacial score (nSPS) is 11.6. The molecule has 178 valence electrons. The minimum absolute atomic E-state index is 0.0211. The van der Waals surface area contributed by atoms with Crippen LogP contribution in [0, 0.1) is 10.1 Å². The number of benzene rings is 3. The van der Waals surface area contributed by atoms with Crippen LogP contribution in [-0.4, -0.2) is 27.5 Å². The Morgan fingerprint density at radius 2 is 1.56 bits per heavy atom. The maximum Gasteiger partial charge on any atom is 0.270 e. The second-order valence-corrected chi connectivity index (χ2v) is 10.6. The highest BCUT2D eigenvalue weighted by Gasteiger charge is 2.24. The summed E-state index contributed by atoms with van der Waals surface area (Å²) < 4.78 is 53.4. The van der Waals surface area contributed by atoms with Crippen molar-refractivity contribution in [1.29, 1.82) is 0 Å². The molecule has 0 heterocycles. The summed E-state index contributed by atoms with van der Waals surface area (Å²) in [6.45, 7) is 1.33. The zero-order valence-corrected chi connectivity index (χ0v) is 19.7. The SMILES string of the molecule is CC(=O)c1ccc(S(=O)(=O)NNc2ccc([N+](=O)[O-])cc2S(=O)(=O)Nc2ccccc2Cl)cc1. The van der Waals surface area contributed by atoms with Crippen LogP contribution in [0.1, 0.15) is 17.3 Å². The van der Waals surface area contributed by atoms with Crippen LogP contribution >= 0.6 is 11.6 Å². The number of non-ortho nitro benzene ring substituents is 1. The Morgan fingerprint density at radius 3 is 2.15 bits per heavy atom. The molecular weight excluding hydrogens is 508 g/mol. The van der Waals surface area contributed by atoms with Crippen molar-refractivity contribution >= 4 is 54.5 Å². The highest BCUT2D eigenvalue weighted by atomic mass is 35.5. The summed E-state index contributed by atoms with van der Waals surface area (Å²) in [5.74, 6) is -0.248. The lowest BCUT2D eigenvalue weighted by molar-refractivity contribution is -0.385. The monoisotopic (exact) mass is 524 g/mol. The number of anilines is 2. The van der Waals surface area contributed by atoms with E-state index in [1.54, 1.807) is 6.07 Å². The van der Waals surface area contributed by atoms with E-state index in [4.69, 9.17) is 11.6 Å². The number of ketones is 1. The van der Waals surface area contributed by atoms with Crippen molar-refractivity contribution in [2.45, 2.75) is 16.7 Å². The number of halogens is 1. The lowest BCUT2D eigenvalue weighted by Gasteiger charge is -2.15. The maximum absolute atomic E-state index is 13.0. The van der Waals surface area contributed by atoms with Gasteiger partial charge in [-0.15, -0.1) is 4.83 Å². The van der Waals surface area contributed by atoms with E-state index in [1.165, 1.54) is 49.4 Å². The number of Topliss-reactive ketones (excluding diaryl/α,β-unsaturated/α-hetero) is 1. The van der Waals surface area contributed by atoms with Crippen molar-refractivity contribution in [1.82, 2.24) is 4.83 Å². The lowest BCUT2D eigenvalue weighted by atomic mass is 10.2. The van der Waals surface area contributed by atoms with Gasteiger partial charge < -0.3 is 5.43 Å². The van der Waals surface area contributed by atoms with Crippen LogP contribution in [-0.2, 0) is 20.0 Å². The molecule has 14 heteroatoms. The molecule has 0 saturated heterocycles. The average molecular weight is 525 g/mol. The zero-order chi connectivity index (χ0) is 25.1. The lowest BCUT2D eigenvalue weighted by Crippen LogP contribution is -2.30. The number of nitrogens with one attached hydrogen (secondary N) is 3. The molecule has 3 aromatic carbocycles. The van der Waals surface area contributed by atoms with E-state index in [0.717, 1.165) is 18.2 Å². The minimum atomic E-state index is -4.44. The second kappa shape index (κ2) is 9.77. The third kappa shape index (κ3) is 5.69. The van der Waals surface area contributed by atoms with Crippen molar-refractivity contribution < 1.29 is 26.6 Å². The van der Waals surface area contributed by atoms with Crippen LogP contribution in [0.25, 0.3) is 0 Å². The molecule has 0 unspecified atom stereocenters. The molecule has 3 aromatic rings. The van der Waals surface area contributed by atoms with Gasteiger partial charge in [0, 0.05) is 17.7 Å². The van der Waals surface area contributed by atoms with Gasteiger partial charge in [0.2, 0.25) is 0 Å². The number of nitrogens with zero attached hydrogens (tertiary/aromatic N) is 1. The average Bonchev–Trinajstić information content (AvgIpc) is 2.79. The van der Waals surface area contributed by atoms with Crippen molar-refractivity contribution in [3.05, 3.63) is 87.4 Å². The van der Waals surface area contributed by atoms with Crippen LogP contribution < -0.4 is 15.0 Å². The Hall–Kier alpha value is -3.52. The molecule has 0 aliphatic heterocycles. The number of carbonyl (C=O) groups excluding carboxylic acids is 1. The van der Waals surface area contributed by atoms with Crippen molar-refractivity contribution in [3.8, 4) is 0 Å². The van der Waals surface area contributed by atoms with E-state index in [9.17, 15) is 31.7 Å². The van der Waals surface area contributed by atoms with Crippen LogP contribution in [0.4, 0.5) is 17.1 Å². The van der Waals surface area contributed by atoms with Gasteiger partial charge in [0.25, 0.3) is 25.7 Å². The highest BCUT2D eigenvalue weighted by molar-refractivity contribution is 7.93. The Bertz CT molecular complexity index is 1480. The van der Waals surface area contributed by atoms with Crippen molar-refractivity contribution in [2.75, 3.05) is 10.1 Å². The predicted octanol–water partition coefficient (Wildman–Crippen LogP) is 3.56. The fourth-order valence-corrected chi connectivity index (χ4v) is 5.10. The standard InChI is InChI=1S/C20H17ClN4O7S2/c1-13(26)14-6-9-16(10-7-14)33(29,30)24-22-19-11-8-15(25(27)28)12-20(19)34(31,32)23-18-5-3-2-4-17(18)21/h2-12,22-24H,1H3. The minimum Gasteiger partial charge on any atom is -0.306 e. The van der Waals surface area contributed by atoms with Gasteiger partial charge in [-0.1, -0.05) is 35.9 Å². The smallest absolute Gasteiger partial charge is 0.270 e. The molecule has 3 rings (SSSR count). The van der Waals surface area contributed by atoms with E-state index in [2.05, 4.69) is 10.1 Å². The molecule has 0 atom stereocenters. The molecule has 11 nitrogen and oxygen atoms in total. The molecule has 0 saturated carbocycles. The Kier molecular flexibility index (Phi) is 7.21. The zero-order valence-electron chi connectivity index (χ0n) is 17.4. The fourth-order valence-electron chi connectivity index (χ4n) is 2.74.